The van der Waals surface area contributed by atoms with Crippen LogP contribution in [0.15, 0.2) is 89.9 Å². The number of aliphatic hydroxyl groups is 1. The molecule has 7 nitrogen and oxygen atoms in total. The van der Waals surface area contributed by atoms with E-state index >= 15 is 0 Å². The highest BCUT2D eigenvalue weighted by Crippen LogP contribution is 2.26. The quantitative estimate of drug-likeness (QED) is 0.508. The van der Waals surface area contributed by atoms with E-state index in [2.05, 4.69) is 10.3 Å². The van der Waals surface area contributed by atoms with E-state index < -0.39 is 6.23 Å². The average Bonchev–Trinajstić information content (AvgIpc) is 3.30. The molecule has 1 amide bonds. The summed E-state index contributed by atoms with van der Waals surface area (Å²) in [4.78, 5) is 23.3. The molecular formula is C25H25N3O4. The van der Waals surface area contributed by atoms with Crippen molar-refractivity contribution in [2.75, 3.05) is 18.3 Å². The number of hydrogen-bond donors (Lipinski definition) is 2. The van der Waals surface area contributed by atoms with Gasteiger partial charge in [-0.05, 0) is 42.0 Å². The zero-order chi connectivity index (χ0) is 22.2. The van der Waals surface area contributed by atoms with Crippen LogP contribution in [-0.2, 0) is 16.2 Å². The van der Waals surface area contributed by atoms with Crippen molar-refractivity contribution in [3.05, 3.63) is 96.1 Å². The second-order valence-corrected chi connectivity index (χ2v) is 7.19. The zero-order valence-electron chi connectivity index (χ0n) is 17.6. The summed E-state index contributed by atoms with van der Waals surface area (Å²) in [6.45, 7) is 0.932. The summed E-state index contributed by atoms with van der Waals surface area (Å²) in [5.74, 6) is 0.928. The third-order valence-electron chi connectivity index (χ3n) is 4.85. The van der Waals surface area contributed by atoms with Crippen molar-refractivity contribution in [1.82, 2.24) is 5.32 Å². The van der Waals surface area contributed by atoms with E-state index in [4.69, 9.17) is 14.7 Å². The van der Waals surface area contributed by atoms with Gasteiger partial charge in [-0.1, -0.05) is 48.5 Å². The third-order valence-corrected chi connectivity index (χ3v) is 4.85. The maximum Gasteiger partial charge on any atom is 0.274 e. The number of nitrogens with zero attached hydrogens (tertiary/aromatic N) is 2. The summed E-state index contributed by atoms with van der Waals surface area (Å²) in [6.07, 6.45) is -0.418. The fourth-order valence-corrected chi connectivity index (χ4v) is 3.21. The number of hydroxylamine groups is 1. The highest BCUT2D eigenvalue weighted by Gasteiger charge is 2.33. The van der Waals surface area contributed by atoms with Gasteiger partial charge in [-0.2, -0.15) is 0 Å². The van der Waals surface area contributed by atoms with E-state index in [-0.39, 0.29) is 12.5 Å². The van der Waals surface area contributed by atoms with E-state index in [9.17, 15) is 4.79 Å². The van der Waals surface area contributed by atoms with Gasteiger partial charge in [0.05, 0.1) is 12.3 Å². The minimum Gasteiger partial charge on any atom is -0.494 e. The lowest BCUT2D eigenvalue weighted by molar-refractivity contribution is -0.131. The fraction of sp³-hybridized carbons (Fsp3) is 0.200. The largest absolute Gasteiger partial charge is 0.494 e. The summed E-state index contributed by atoms with van der Waals surface area (Å²) >= 11 is 0. The van der Waals surface area contributed by atoms with E-state index in [1.54, 1.807) is 5.06 Å². The van der Waals surface area contributed by atoms with Gasteiger partial charge in [-0.25, -0.2) is 14.9 Å². The molecule has 0 fully saturated rings. The summed E-state index contributed by atoms with van der Waals surface area (Å²) in [5.41, 5.74) is 2.56. The molecule has 0 aromatic heterocycles. The van der Waals surface area contributed by atoms with Crippen LogP contribution in [0.25, 0.3) is 0 Å². The summed E-state index contributed by atoms with van der Waals surface area (Å²) in [5, 5.41) is 13.4. The van der Waals surface area contributed by atoms with Gasteiger partial charge in [0.25, 0.3) is 12.1 Å². The fourth-order valence-electron chi connectivity index (χ4n) is 3.21. The van der Waals surface area contributed by atoms with Gasteiger partial charge in [-0.15, -0.1) is 0 Å². The zero-order valence-corrected chi connectivity index (χ0v) is 17.6. The van der Waals surface area contributed by atoms with Crippen molar-refractivity contribution in [3.8, 4) is 5.75 Å². The SMILES string of the molecule is O=C(NCc1ccccc1)C1N=C(c2ccc(OCCCO)cc2)N(c2ccccc2)O1. The van der Waals surface area contributed by atoms with Crippen molar-refractivity contribution in [1.29, 1.82) is 0 Å². The highest BCUT2D eigenvalue weighted by atomic mass is 16.7. The molecule has 164 valence electrons. The maximum absolute atomic E-state index is 12.8. The number of nitrogens with one attached hydrogen (secondary N) is 1. The molecule has 32 heavy (non-hydrogen) atoms. The number of carbonyl (C=O) groups excluding carboxylic acids is 1. The molecule has 0 bridgehead atoms. The lowest BCUT2D eigenvalue weighted by atomic mass is 10.2. The van der Waals surface area contributed by atoms with Crippen LogP contribution in [0.1, 0.15) is 17.5 Å². The Morgan fingerprint density at radius 1 is 1.00 bits per heavy atom. The number of anilines is 1. The summed E-state index contributed by atoms with van der Waals surface area (Å²) in [7, 11) is 0. The molecule has 1 heterocycles. The number of para-hydroxylation sites is 1. The van der Waals surface area contributed by atoms with Crippen LogP contribution in [0.4, 0.5) is 5.69 Å². The van der Waals surface area contributed by atoms with Gasteiger partial charge in [0.1, 0.15) is 5.75 Å². The van der Waals surface area contributed by atoms with Crippen LogP contribution in [0.3, 0.4) is 0 Å². The predicted octanol–water partition coefficient (Wildman–Crippen LogP) is 3.29. The standard InChI is InChI=1S/C25H25N3O4/c29-16-7-17-31-22-14-12-20(13-15-22)23-27-25(32-28(23)21-10-5-2-6-11-21)24(30)26-18-19-8-3-1-4-9-19/h1-6,8-15,25,29H,7,16-18H2,(H,26,30). The molecule has 2 N–H and O–H groups in total. The minimum absolute atomic E-state index is 0.0893. The number of amidine groups is 1. The molecule has 1 aliphatic rings. The Kier molecular flexibility index (Phi) is 7.12. The molecule has 3 aromatic rings. The Bertz CT molecular complexity index is 1040. The number of aliphatic imine (C=N–C) groups is 1. The molecule has 3 aromatic carbocycles. The van der Waals surface area contributed by atoms with E-state index in [1.807, 2.05) is 84.9 Å². The van der Waals surface area contributed by atoms with Crippen LogP contribution in [-0.4, -0.2) is 36.3 Å². The molecule has 1 unspecified atom stereocenters. The topological polar surface area (TPSA) is 83.4 Å². The molecule has 1 aliphatic heterocycles. The van der Waals surface area contributed by atoms with Crippen molar-refractivity contribution < 1.29 is 19.5 Å². The lowest BCUT2D eigenvalue weighted by Crippen LogP contribution is -2.36. The molecule has 7 heteroatoms. The minimum atomic E-state index is -0.991. The van der Waals surface area contributed by atoms with E-state index in [0.717, 1.165) is 16.8 Å². The van der Waals surface area contributed by atoms with Crippen LogP contribution in [0.5, 0.6) is 5.75 Å². The number of rotatable bonds is 9. The first-order valence-corrected chi connectivity index (χ1v) is 10.5. The molecule has 0 radical (unpaired) electrons. The first-order valence-electron chi connectivity index (χ1n) is 10.5. The molecule has 0 saturated heterocycles. The first kappa shape index (κ1) is 21.5. The Hall–Kier alpha value is -3.68. The molecule has 0 saturated carbocycles. The maximum atomic E-state index is 12.8. The van der Waals surface area contributed by atoms with E-state index in [0.29, 0.717) is 31.2 Å². The second kappa shape index (κ2) is 10.6. The average molecular weight is 431 g/mol. The molecule has 0 aliphatic carbocycles. The van der Waals surface area contributed by atoms with Gasteiger partial charge in [0.2, 0.25) is 0 Å². The summed E-state index contributed by atoms with van der Waals surface area (Å²) < 4.78 is 5.60. The second-order valence-electron chi connectivity index (χ2n) is 7.19. The van der Waals surface area contributed by atoms with Crippen molar-refractivity contribution in [2.45, 2.75) is 19.2 Å². The molecule has 0 spiro atoms. The van der Waals surface area contributed by atoms with Gasteiger partial charge < -0.3 is 15.2 Å². The van der Waals surface area contributed by atoms with Crippen LogP contribution in [0, 0.1) is 0 Å². The summed E-state index contributed by atoms with van der Waals surface area (Å²) in [6, 6.07) is 26.6. The number of amides is 1. The van der Waals surface area contributed by atoms with E-state index in [1.165, 1.54) is 0 Å². The Morgan fingerprint density at radius 3 is 2.38 bits per heavy atom. The Labute approximate surface area is 186 Å². The highest BCUT2D eigenvalue weighted by molar-refractivity contribution is 6.10. The number of ether oxygens (including phenoxy) is 1. The lowest BCUT2D eigenvalue weighted by Gasteiger charge is -2.20. The predicted molar refractivity (Wildman–Crippen MR) is 122 cm³/mol. The Morgan fingerprint density at radius 2 is 1.69 bits per heavy atom. The van der Waals surface area contributed by atoms with Gasteiger partial charge >= 0.3 is 0 Å². The smallest absolute Gasteiger partial charge is 0.274 e. The number of aliphatic hydroxyl groups excluding tert-OH is 1. The third kappa shape index (κ3) is 5.32. The van der Waals surface area contributed by atoms with Crippen LogP contribution < -0.4 is 15.1 Å². The molecule has 4 rings (SSSR count). The van der Waals surface area contributed by atoms with Crippen molar-refractivity contribution in [2.24, 2.45) is 4.99 Å². The monoisotopic (exact) mass is 431 g/mol. The Balaban J connectivity index is 1.51. The van der Waals surface area contributed by atoms with Crippen molar-refractivity contribution in [3.63, 3.8) is 0 Å². The van der Waals surface area contributed by atoms with Crippen molar-refractivity contribution >= 4 is 17.4 Å². The van der Waals surface area contributed by atoms with Gasteiger partial charge in [0.15, 0.2) is 5.84 Å². The molecular weight excluding hydrogens is 406 g/mol. The van der Waals surface area contributed by atoms with Gasteiger partial charge in [0, 0.05) is 25.1 Å². The number of benzene rings is 3. The molecule has 1 atom stereocenters. The van der Waals surface area contributed by atoms with Gasteiger partial charge in [-0.3, -0.25) is 4.79 Å². The first-order chi connectivity index (χ1) is 15.7. The van der Waals surface area contributed by atoms with Crippen LogP contribution >= 0.6 is 0 Å². The number of hydrogen-bond acceptors (Lipinski definition) is 6. The van der Waals surface area contributed by atoms with Crippen LogP contribution in [0.2, 0.25) is 0 Å². The normalized spacial score (nSPS) is 15.3. The number of carbonyl (C=O) groups is 1.